The number of hydrogen-bond acceptors (Lipinski definition) is 6. The molecule has 248 valence electrons. The molecule has 0 heterocycles. The molecule has 0 bridgehead atoms. The molecule has 5 aliphatic carbocycles. The van der Waals surface area contributed by atoms with E-state index < -0.39 is 35.1 Å². The van der Waals surface area contributed by atoms with Crippen molar-refractivity contribution in [3.05, 3.63) is 53.6 Å². The Hall–Kier alpha value is -1.99. The van der Waals surface area contributed by atoms with E-state index in [4.69, 9.17) is 4.74 Å². The average molecular weight is 621 g/mol. The molecule has 1 aromatic carbocycles. The number of allylic oxidation sites excluding steroid dienone is 2. The van der Waals surface area contributed by atoms with Gasteiger partial charge in [-0.2, -0.15) is 0 Å². The summed E-state index contributed by atoms with van der Waals surface area (Å²) in [7, 11) is 0. The van der Waals surface area contributed by atoms with Crippen LogP contribution in [0.15, 0.2) is 48.1 Å². The lowest BCUT2D eigenvalue weighted by Gasteiger charge is -2.72. The topological polar surface area (TPSA) is 107 Å². The molecule has 0 amide bonds. The predicted octanol–water partition coefficient (Wildman–Crippen LogP) is 6.32. The van der Waals surface area contributed by atoms with Crippen molar-refractivity contribution in [2.75, 3.05) is 13.2 Å². The SMILES string of the molecule is CC1(C)C[C@H]2C3=CC[C@@H]4[C@@]5(C)CC[C@H](O)[C@@](C)(CO)[C@@H]5CC[C@@]4(C)[C@]3(C)C[C@H](O)[C@@]2(CO)C[C@@H]1OC(=O)/C=C/c1ccccc1. The second kappa shape index (κ2) is 11.0. The molecule has 4 saturated carbocycles. The summed E-state index contributed by atoms with van der Waals surface area (Å²) in [6, 6.07) is 9.67. The van der Waals surface area contributed by atoms with Gasteiger partial charge in [0.1, 0.15) is 6.10 Å². The van der Waals surface area contributed by atoms with Crippen LogP contribution in [0, 0.1) is 50.2 Å². The number of aliphatic hydroxyl groups excluding tert-OH is 4. The molecule has 11 atom stereocenters. The van der Waals surface area contributed by atoms with E-state index in [2.05, 4.69) is 47.6 Å². The highest BCUT2D eigenvalue weighted by Crippen LogP contribution is 2.75. The first kappa shape index (κ1) is 32.9. The number of aliphatic hydroxyl groups is 4. The van der Waals surface area contributed by atoms with Gasteiger partial charge in [-0.25, -0.2) is 4.79 Å². The minimum atomic E-state index is -0.774. The smallest absolute Gasteiger partial charge is 0.331 e. The van der Waals surface area contributed by atoms with E-state index in [1.807, 2.05) is 30.3 Å². The molecule has 6 rings (SSSR count). The first-order valence-corrected chi connectivity index (χ1v) is 17.3. The lowest BCUT2D eigenvalue weighted by molar-refractivity contribution is -0.233. The highest BCUT2D eigenvalue weighted by Gasteiger charge is 2.71. The molecule has 4 N–H and O–H groups in total. The fourth-order valence-corrected chi connectivity index (χ4v) is 11.8. The van der Waals surface area contributed by atoms with Crippen LogP contribution in [0.25, 0.3) is 6.08 Å². The van der Waals surface area contributed by atoms with Gasteiger partial charge < -0.3 is 25.2 Å². The summed E-state index contributed by atoms with van der Waals surface area (Å²) in [5, 5.41) is 44.9. The molecular formula is C39H56O6. The van der Waals surface area contributed by atoms with Crippen LogP contribution in [-0.4, -0.2) is 57.9 Å². The van der Waals surface area contributed by atoms with Crippen LogP contribution in [-0.2, 0) is 9.53 Å². The molecule has 0 unspecified atom stereocenters. The number of hydrogen-bond donors (Lipinski definition) is 4. The van der Waals surface area contributed by atoms with Crippen LogP contribution >= 0.6 is 0 Å². The van der Waals surface area contributed by atoms with Crippen molar-refractivity contribution < 1.29 is 30.0 Å². The summed E-state index contributed by atoms with van der Waals surface area (Å²) in [6.45, 7) is 13.5. The summed E-state index contributed by atoms with van der Waals surface area (Å²) in [5.74, 6) is 0.190. The minimum Gasteiger partial charge on any atom is -0.459 e. The standard InChI is InChI=1S/C39H56O6/c1-34(2)20-27-26-13-14-29-35(3)18-17-30(42)36(4,23-40)28(35)16-19-37(29,5)38(26,6)21-31(43)39(27,24-41)22-32(34)45-33(44)15-12-25-10-8-7-9-11-25/h7-13,15,27-32,40-43H,14,16-24H2,1-6H3/b15-12+/t27-,28+,29+,30-,31-,32-,35-,36-,37+,38+,39+/m0/s1. The molecule has 0 spiro atoms. The molecule has 4 fully saturated rings. The van der Waals surface area contributed by atoms with Gasteiger partial charge in [-0.1, -0.05) is 83.5 Å². The highest BCUT2D eigenvalue weighted by atomic mass is 16.5. The number of rotatable bonds is 5. The van der Waals surface area contributed by atoms with E-state index in [9.17, 15) is 25.2 Å². The van der Waals surface area contributed by atoms with Crippen molar-refractivity contribution in [3.8, 4) is 0 Å². The largest absolute Gasteiger partial charge is 0.459 e. The second-order valence-corrected chi connectivity index (χ2v) is 17.2. The van der Waals surface area contributed by atoms with Gasteiger partial charge in [0.25, 0.3) is 0 Å². The maximum atomic E-state index is 13.0. The van der Waals surface area contributed by atoms with Gasteiger partial charge in [0, 0.05) is 22.3 Å². The van der Waals surface area contributed by atoms with Crippen molar-refractivity contribution in [2.45, 2.75) is 111 Å². The number of ether oxygens (including phenoxy) is 1. The normalized spacial score (nSPS) is 47.1. The number of esters is 1. The fraction of sp³-hybridized carbons (Fsp3) is 0.718. The van der Waals surface area contributed by atoms with Gasteiger partial charge in [-0.15, -0.1) is 0 Å². The number of fused-ring (bicyclic) bond motifs is 7. The van der Waals surface area contributed by atoms with Crippen LogP contribution in [0.3, 0.4) is 0 Å². The van der Waals surface area contributed by atoms with Crippen molar-refractivity contribution in [1.29, 1.82) is 0 Å². The molecule has 0 saturated heterocycles. The highest BCUT2D eigenvalue weighted by molar-refractivity contribution is 5.87. The summed E-state index contributed by atoms with van der Waals surface area (Å²) in [4.78, 5) is 13.0. The van der Waals surface area contributed by atoms with Gasteiger partial charge in [0.05, 0.1) is 25.4 Å². The van der Waals surface area contributed by atoms with E-state index in [-0.39, 0.29) is 46.7 Å². The molecule has 1 aromatic rings. The molecule has 0 radical (unpaired) electrons. The van der Waals surface area contributed by atoms with Gasteiger partial charge >= 0.3 is 5.97 Å². The molecule has 6 heteroatoms. The zero-order chi connectivity index (χ0) is 32.6. The lowest BCUT2D eigenvalue weighted by Crippen LogP contribution is -2.68. The van der Waals surface area contributed by atoms with E-state index in [0.717, 1.165) is 37.7 Å². The Kier molecular flexibility index (Phi) is 8.08. The summed E-state index contributed by atoms with van der Waals surface area (Å²) in [6.07, 6.45) is 10.3. The molecule has 5 aliphatic rings. The average Bonchev–Trinajstić information content (AvgIpc) is 3.00. The Morgan fingerprint density at radius 3 is 2.27 bits per heavy atom. The molecule has 0 aromatic heterocycles. The van der Waals surface area contributed by atoms with Crippen molar-refractivity contribution >= 4 is 12.0 Å². The van der Waals surface area contributed by atoms with Gasteiger partial charge in [-0.05, 0) is 97.0 Å². The quantitative estimate of drug-likeness (QED) is 0.174. The van der Waals surface area contributed by atoms with E-state index in [0.29, 0.717) is 25.2 Å². The minimum absolute atomic E-state index is 0.00110. The Bertz CT molecular complexity index is 1350. The van der Waals surface area contributed by atoms with Crippen molar-refractivity contribution in [3.63, 3.8) is 0 Å². The zero-order valence-corrected chi connectivity index (χ0v) is 28.3. The third-order valence-electron chi connectivity index (χ3n) is 14.9. The Balaban J connectivity index is 1.32. The fourth-order valence-electron chi connectivity index (χ4n) is 11.8. The van der Waals surface area contributed by atoms with E-state index in [1.54, 1.807) is 6.08 Å². The van der Waals surface area contributed by atoms with Gasteiger partial charge in [0.2, 0.25) is 0 Å². The summed E-state index contributed by atoms with van der Waals surface area (Å²) >= 11 is 0. The third kappa shape index (κ3) is 4.67. The summed E-state index contributed by atoms with van der Waals surface area (Å²) in [5.41, 5.74) is 0.333. The predicted molar refractivity (Wildman–Crippen MR) is 176 cm³/mol. The maximum Gasteiger partial charge on any atom is 0.331 e. The number of carbonyl (C=O) groups excluding carboxylic acids is 1. The van der Waals surface area contributed by atoms with Crippen molar-refractivity contribution in [1.82, 2.24) is 0 Å². The summed E-state index contributed by atoms with van der Waals surface area (Å²) < 4.78 is 6.12. The molecule has 45 heavy (non-hydrogen) atoms. The van der Waals surface area contributed by atoms with E-state index in [1.165, 1.54) is 11.6 Å². The van der Waals surface area contributed by atoms with Gasteiger partial charge in [0.15, 0.2) is 0 Å². The number of benzene rings is 1. The monoisotopic (exact) mass is 620 g/mol. The second-order valence-electron chi connectivity index (χ2n) is 17.2. The maximum absolute atomic E-state index is 13.0. The molecule has 6 nitrogen and oxygen atoms in total. The van der Waals surface area contributed by atoms with Crippen LogP contribution in [0.1, 0.15) is 98.5 Å². The number of carbonyl (C=O) groups is 1. The van der Waals surface area contributed by atoms with E-state index >= 15 is 0 Å². The van der Waals surface area contributed by atoms with Crippen LogP contribution < -0.4 is 0 Å². The van der Waals surface area contributed by atoms with Gasteiger partial charge in [-0.3, -0.25) is 0 Å². The van der Waals surface area contributed by atoms with Crippen LogP contribution in [0.2, 0.25) is 0 Å². The molecule has 0 aliphatic heterocycles. The third-order valence-corrected chi connectivity index (χ3v) is 14.9. The van der Waals surface area contributed by atoms with Crippen LogP contribution in [0.4, 0.5) is 0 Å². The Morgan fingerprint density at radius 1 is 0.889 bits per heavy atom. The Labute approximate surface area is 270 Å². The van der Waals surface area contributed by atoms with Crippen LogP contribution in [0.5, 0.6) is 0 Å². The zero-order valence-electron chi connectivity index (χ0n) is 28.3. The Morgan fingerprint density at radius 2 is 1.60 bits per heavy atom. The molecular weight excluding hydrogens is 564 g/mol. The first-order chi connectivity index (χ1) is 21.1. The lowest BCUT2D eigenvalue weighted by atomic mass is 9.33. The first-order valence-electron chi connectivity index (χ1n) is 17.3. The van der Waals surface area contributed by atoms with Crippen molar-refractivity contribution in [2.24, 2.45) is 50.2 Å².